The van der Waals surface area contributed by atoms with Crippen LogP contribution in [0.3, 0.4) is 0 Å². The summed E-state index contributed by atoms with van der Waals surface area (Å²) in [5, 5.41) is 4.85. The summed E-state index contributed by atoms with van der Waals surface area (Å²) in [6, 6.07) is 5.46. The molecule has 18 heavy (non-hydrogen) atoms. The Labute approximate surface area is 110 Å². The summed E-state index contributed by atoms with van der Waals surface area (Å²) in [5.74, 6) is -0.124. The molecule has 0 aliphatic heterocycles. The van der Waals surface area contributed by atoms with Gasteiger partial charge in [0.25, 0.3) is 5.91 Å². The molecule has 2 rings (SSSR count). The monoisotopic (exact) mass is 261 g/mol. The van der Waals surface area contributed by atoms with E-state index in [1.807, 2.05) is 24.4 Å². The highest BCUT2D eigenvalue weighted by atomic mass is 32.1. The highest BCUT2D eigenvalue weighted by molar-refractivity contribution is 7.07. The third-order valence-corrected chi connectivity index (χ3v) is 3.32. The Morgan fingerprint density at radius 3 is 3.00 bits per heavy atom. The molecule has 0 radical (unpaired) electrons. The van der Waals surface area contributed by atoms with Gasteiger partial charge in [-0.1, -0.05) is 12.1 Å². The molecule has 1 aromatic heterocycles. The molecule has 0 saturated carbocycles. The van der Waals surface area contributed by atoms with Crippen molar-refractivity contribution >= 4 is 22.9 Å². The Kier molecular flexibility index (Phi) is 3.94. The standard InChI is InChI=1S/C13H15N3OS/c1-9-3-2-4-11(14)12(9)13(17)15-6-5-10-7-18-8-16-10/h2-4,7-8H,5-6,14H2,1H3,(H,15,17). The van der Waals surface area contributed by atoms with Crippen molar-refractivity contribution < 1.29 is 4.79 Å². The fourth-order valence-electron chi connectivity index (χ4n) is 1.75. The van der Waals surface area contributed by atoms with Crippen LogP contribution < -0.4 is 11.1 Å². The molecule has 2 aromatic rings. The van der Waals surface area contributed by atoms with Crippen LogP contribution >= 0.6 is 11.3 Å². The quantitative estimate of drug-likeness (QED) is 0.827. The Morgan fingerprint density at radius 1 is 1.50 bits per heavy atom. The van der Waals surface area contributed by atoms with Crippen molar-refractivity contribution in [3.63, 3.8) is 0 Å². The van der Waals surface area contributed by atoms with Crippen molar-refractivity contribution in [2.24, 2.45) is 0 Å². The van der Waals surface area contributed by atoms with E-state index in [1.54, 1.807) is 22.9 Å². The van der Waals surface area contributed by atoms with Gasteiger partial charge in [-0.2, -0.15) is 0 Å². The Bertz CT molecular complexity index is 517. The normalized spacial score (nSPS) is 10.3. The SMILES string of the molecule is Cc1cccc(N)c1C(=O)NCCc1cscn1. The lowest BCUT2D eigenvalue weighted by Crippen LogP contribution is -2.27. The minimum atomic E-state index is -0.124. The maximum absolute atomic E-state index is 12.0. The fraction of sp³-hybridized carbons (Fsp3) is 0.231. The number of benzene rings is 1. The summed E-state index contributed by atoms with van der Waals surface area (Å²) in [6.07, 6.45) is 0.737. The third-order valence-electron chi connectivity index (χ3n) is 2.68. The van der Waals surface area contributed by atoms with E-state index in [1.165, 1.54) is 0 Å². The van der Waals surface area contributed by atoms with Gasteiger partial charge in [0.1, 0.15) is 0 Å². The first kappa shape index (κ1) is 12.6. The molecular weight excluding hydrogens is 246 g/mol. The molecule has 0 unspecified atom stereocenters. The van der Waals surface area contributed by atoms with Crippen LogP contribution in [0.2, 0.25) is 0 Å². The topological polar surface area (TPSA) is 68.0 Å². The second-order valence-corrected chi connectivity index (χ2v) is 4.74. The van der Waals surface area contributed by atoms with E-state index in [4.69, 9.17) is 5.73 Å². The van der Waals surface area contributed by atoms with Crippen LogP contribution in [0.5, 0.6) is 0 Å². The van der Waals surface area contributed by atoms with Gasteiger partial charge in [0.2, 0.25) is 0 Å². The highest BCUT2D eigenvalue weighted by Crippen LogP contribution is 2.15. The molecule has 5 heteroatoms. The number of nitrogens with zero attached hydrogens (tertiary/aromatic N) is 1. The Hall–Kier alpha value is -1.88. The number of rotatable bonds is 4. The van der Waals surface area contributed by atoms with Crippen molar-refractivity contribution in [2.75, 3.05) is 12.3 Å². The summed E-state index contributed by atoms with van der Waals surface area (Å²) in [7, 11) is 0. The van der Waals surface area contributed by atoms with Gasteiger partial charge in [-0.15, -0.1) is 11.3 Å². The number of nitrogens with one attached hydrogen (secondary N) is 1. The summed E-state index contributed by atoms with van der Waals surface area (Å²) in [4.78, 5) is 16.2. The molecule has 0 atom stereocenters. The molecule has 0 aliphatic carbocycles. The first-order valence-electron chi connectivity index (χ1n) is 5.69. The summed E-state index contributed by atoms with van der Waals surface area (Å²) >= 11 is 1.56. The number of aromatic nitrogens is 1. The maximum Gasteiger partial charge on any atom is 0.253 e. The van der Waals surface area contributed by atoms with Crippen molar-refractivity contribution in [1.82, 2.24) is 10.3 Å². The second kappa shape index (κ2) is 5.64. The molecular formula is C13H15N3OS. The van der Waals surface area contributed by atoms with E-state index in [0.717, 1.165) is 17.7 Å². The Balaban J connectivity index is 1.96. The van der Waals surface area contributed by atoms with Crippen molar-refractivity contribution in [3.05, 3.63) is 45.9 Å². The smallest absolute Gasteiger partial charge is 0.253 e. The lowest BCUT2D eigenvalue weighted by Gasteiger charge is -2.09. The Morgan fingerprint density at radius 2 is 2.33 bits per heavy atom. The predicted molar refractivity (Wildman–Crippen MR) is 73.7 cm³/mol. The van der Waals surface area contributed by atoms with Crippen molar-refractivity contribution in [3.8, 4) is 0 Å². The van der Waals surface area contributed by atoms with Crippen LogP contribution in [0.25, 0.3) is 0 Å². The van der Waals surface area contributed by atoms with Crippen molar-refractivity contribution in [2.45, 2.75) is 13.3 Å². The van der Waals surface area contributed by atoms with Crippen molar-refractivity contribution in [1.29, 1.82) is 0 Å². The minimum Gasteiger partial charge on any atom is -0.398 e. The maximum atomic E-state index is 12.0. The highest BCUT2D eigenvalue weighted by Gasteiger charge is 2.11. The van der Waals surface area contributed by atoms with E-state index < -0.39 is 0 Å². The van der Waals surface area contributed by atoms with E-state index in [0.29, 0.717) is 17.8 Å². The lowest BCUT2D eigenvalue weighted by molar-refractivity contribution is 0.0954. The zero-order valence-corrected chi connectivity index (χ0v) is 11.0. The van der Waals surface area contributed by atoms with Gasteiger partial charge in [-0.25, -0.2) is 4.98 Å². The number of amides is 1. The van der Waals surface area contributed by atoms with Crippen LogP contribution in [-0.2, 0) is 6.42 Å². The summed E-state index contributed by atoms with van der Waals surface area (Å²) in [6.45, 7) is 2.45. The fourth-order valence-corrected chi connectivity index (χ4v) is 2.35. The number of nitrogen functional groups attached to an aromatic ring is 1. The van der Waals surface area contributed by atoms with Crippen LogP contribution in [-0.4, -0.2) is 17.4 Å². The lowest BCUT2D eigenvalue weighted by atomic mass is 10.1. The number of hydrogen-bond acceptors (Lipinski definition) is 4. The van der Waals surface area contributed by atoms with Gasteiger partial charge in [-0.3, -0.25) is 4.79 Å². The average molecular weight is 261 g/mol. The molecule has 3 N–H and O–H groups in total. The third kappa shape index (κ3) is 2.87. The van der Waals surface area contributed by atoms with Crippen LogP contribution in [0.15, 0.2) is 29.1 Å². The first-order valence-corrected chi connectivity index (χ1v) is 6.63. The van der Waals surface area contributed by atoms with Gasteiger partial charge in [0.05, 0.1) is 16.8 Å². The molecule has 0 bridgehead atoms. The van der Waals surface area contributed by atoms with Crippen LogP contribution in [0.4, 0.5) is 5.69 Å². The van der Waals surface area contributed by atoms with Gasteiger partial charge >= 0.3 is 0 Å². The summed E-state index contributed by atoms with van der Waals surface area (Å²) in [5.41, 5.74) is 10.6. The van der Waals surface area contributed by atoms with Gasteiger partial charge in [-0.05, 0) is 18.6 Å². The molecule has 94 valence electrons. The minimum absolute atomic E-state index is 0.124. The second-order valence-electron chi connectivity index (χ2n) is 4.02. The van der Waals surface area contributed by atoms with Gasteiger partial charge in [0.15, 0.2) is 0 Å². The molecule has 0 fully saturated rings. The number of carbonyl (C=O) groups excluding carboxylic acids is 1. The van der Waals surface area contributed by atoms with E-state index in [-0.39, 0.29) is 5.91 Å². The molecule has 0 aliphatic rings. The van der Waals surface area contributed by atoms with Crippen LogP contribution in [0.1, 0.15) is 21.6 Å². The molecule has 0 spiro atoms. The van der Waals surface area contributed by atoms with E-state index in [9.17, 15) is 4.79 Å². The number of anilines is 1. The van der Waals surface area contributed by atoms with E-state index >= 15 is 0 Å². The van der Waals surface area contributed by atoms with Gasteiger partial charge < -0.3 is 11.1 Å². The molecule has 0 saturated heterocycles. The van der Waals surface area contributed by atoms with Gasteiger partial charge in [0, 0.05) is 24.0 Å². The molecule has 1 amide bonds. The molecule has 1 aromatic carbocycles. The number of hydrogen-bond donors (Lipinski definition) is 2. The zero-order valence-electron chi connectivity index (χ0n) is 10.1. The molecule has 1 heterocycles. The largest absolute Gasteiger partial charge is 0.398 e. The number of thiazole rings is 1. The molecule has 4 nitrogen and oxygen atoms in total. The average Bonchev–Trinajstić information content (AvgIpc) is 2.82. The van der Waals surface area contributed by atoms with Crippen LogP contribution in [0, 0.1) is 6.92 Å². The predicted octanol–water partition coefficient (Wildman–Crippen LogP) is 2.01. The number of nitrogens with two attached hydrogens (primary N) is 1. The summed E-state index contributed by atoms with van der Waals surface area (Å²) < 4.78 is 0. The first-order chi connectivity index (χ1) is 8.68. The number of carbonyl (C=O) groups is 1. The number of aryl methyl sites for hydroxylation is 1. The van der Waals surface area contributed by atoms with E-state index in [2.05, 4.69) is 10.3 Å². The zero-order chi connectivity index (χ0) is 13.0.